The predicted octanol–water partition coefficient (Wildman–Crippen LogP) is -1.05. The minimum atomic E-state index is 0.435. The van der Waals surface area contributed by atoms with Crippen molar-refractivity contribution in [3.8, 4) is 0 Å². The summed E-state index contributed by atoms with van der Waals surface area (Å²) in [5, 5.41) is 8.57. The minimum Gasteiger partial charge on any atom is -0.317 e. The molecule has 0 radical (unpaired) electrons. The van der Waals surface area contributed by atoms with E-state index in [-0.39, 0.29) is 0 Å². The first-order valence-corrected chi connectivity index (χ1v) is 2.77. The Morgan fingerprint density at radius 3 is 3.00 bits per heavy atom. The number of nitrogens with zero attached hydrogens (tertiary/aromatic N) is 1. The molecule has 0 aliphatic heterocycles. The summed E-state index contributed by atoms with van der Waals surface area (Å²) in [5.41, 5.74) is 3.89. The molecule has 10 heavy (non-hydrogen) atoms. The number of hydrazine groups is 1. The molecule has 5 heteroatoms. The van der Waals surface area contributed by atoms with Gasteiger partial charge in [0, 0.05) is 6.20 Å². The van der Waals surface area contributed by atoms with Crippen LogP contribution < -0.4 is 16.7 Å². The highest BCUT2D eigenvalue weighted by atomic mass is 16.5. The van der Waals surface area contributed by atoms with Crippen molar-refractivity contribution in [1.29, 1.82) is 0 Å². The quantitative estimate of drug-likeness (QED) is 0.312. The Balaban J connectivity index is 2.96. The Morgan fingerprint density at radius 1 is 1.70 bits per heavy atom. The van der Waals surface area contributed by atoms with E-state index in [1.807, 2.05) is 0 Å². The van der Waals surface area contributed by atoms with Gasteiger partial charge in [-0.2, -0.15) is 5.48 Å². The monoisotopic (exact) mass is 141 g/mol. The van der Waals surface area contributed by atoms with Crippen LogP contribution in [0.25, 0.3) is 0 Å². The maximum Gasteiger partial charge on any atom is 0.281 e. The molecule has 0 aliphatic carbocycles. The minimum absolute atomic E-state index is 0.435. The molecule has 1 heterocycles. The molecule has 1 rings (SSSR count). The van der Waals surface area contributed by atoms with E-state index in [4.69, 9.17) is 11.0 Å². The van der Waals surface area contributed by atoms with Crippen LogP contribution in [0.1, 0.15) is 0 Å². The lowest BCUT2D eigenvalue weighted by molar-refractivity contribution is -0.827. The summed E-state index contributed by atoms with van der Waals surface area (Å²) in [5.74, 6) is 5.54. The summed E-state index contributed by atoms with van der Waals surface area (Å²) < 4.78 is 0. The smallest absolute Gasteiger partial charge is 0.281 e. The number of hydrogen-bond donors (Lipinski definition) is 4. The average molecular weight is 141 g/mol. The molecule has 1 aromatic heterocycles. The normalized spacial score (nSPS) is 9.40. The second kappa shape index (κ2) is 3.11. The summed E-state index contributed by atoms with van der Waals surface area (Å²) in [6, 6.07) is 3.44. The Morgan fingerprint density at radius 2 is 2.50 bits per heavy atom. The lowest BCUT2D eigenvalue weighted by Crippen LogP contribution is -2.74. The van der Waals surface area contributed by atoms with Gasteiger partial charge in [-0.3, -0.25) is 5.84 Å². The maximum atomic E-state index is 8.57. The van der Waals surface area contributed by atoms with E-state index in [1.165, 1.54) is 0 Å². The number of quaternary nitrogens is 1. The Kier molecular flexibility index (Phi) is 2.16. The van der Waals surface area contributed by atoms with Crippen LogP contribution >= 0.6 is 0 Å². The number of pyridine rings is 1. The third-order valence-electron chi connectivity index (χ3n) is 1.12. The molecular formula is C5H9N4O+. The molecular weight excluding hydrogens is 132 g/mol. The molecule has 0 unspecified atom stereocenters. The van der Waals surface area contributed by atoms with Gasteiger partial charge in [0.05, 0.1) is 0 Å². The van der Waals surface area contributed by atoms with Crippen LogP contribution in [-0.4, -0.2) is 10.2 Å². The molecule has 0 aliphatic rings. The highest BCUT2D eigenvalue weighted by Gasteiger charge is 2.02. The number of nitrogens with one attached hydrogen (secondary N) is 1. The van der Waals surface area contributed by atoms with Crippen LogP contribution in [0, 0.1) is 0 Å². The van der Waals surface area contributed by atoms with Crippen LogP contribution in [0.15, 0.2) is 18.3 Å². The van der Waals surface area contributed by atoms with Gasteiger partial charge >= 0.3 is 0 Å². The number of anilines is 1. The summed E-state index contributed by atoms with van der Waals surface area (Å²) >= 11 is 0. The molecule has 0 saturated carbocycles. The average Bonchev–Trinajstić information content (AvgIpc) is 2.04. The molecule has 6 N–H and O–H groups in total. The summed E-state index contributed by atoms with van der Waals surface area (Å²) in [7, 11) is 0. The van der Waals surface area contributed by atoms with Gasteiger partial charge < -0.3 is 5.43 Å². The first kappa shape index (κ1) is 6.94. The standard InChI is InChI=1S/C5H8N4O/c6-8-4-2-1-3-7-5(4)9-10/h1-3,8,10H,6H2,(H,7,9)/p+1. The molecule has 0 spiro atoms. The SMILES string of the molecule is NNc1cccnc1[NH2+]O. The number of nitrogen functional groups attached to an aromatic ring is 1. The predicted molar refractivity (Wildman–Crippen MR) is 35.4 cm³/mol. The van der Waals surface area contributed by atoms with Gasteiger partial charge in [-0.1, -0.05) is 0 Å². The molecule has 5 nitrogen and oxygen atoms in total. The summed E-state index contributed by atoms with van der Waals surface area (Å²) in [6.07, 6.45) is 1.57. The van der Waals surface area contributed by atoms with Crippen molar-refractivity contribution in [1.82, 2.24) is 4.98 Å². The van der Waals surface area contributed by atoms with E-state index in [2.05, 4.69) is 10.4 Å². The Hall–Kier alpha value is -1.17. The molecule has 0 amide bonds. The van der Waals surface area contributed by atoms with Gasteiger partial charge in [-0.25, -0.2) is 10.2 Å². The summed E-state index contributed by atoms with van der Waals surface area (Å²) in [4.78, 5) is 3.82. The van der Waals surface area contributed by atoms with E-state index in [0.717, 1.165) is 5.48 Å². The van der Waals surface area contributed by atoms with Crippen molar-refractivity contribution in [2.45, 2.75) is 0 Å². The first-order chi connectivity index (χ1) is 4.88. The van der Waals surface area contributed by atoms with Crippen LogP contribution in [0.3, 0.4) is 0 Å². The van der Waals surface area contributed by atoms with Gasteiger partial charge in [0.1, 0.15) is 5.69 Å². The van der Waals surface area contributed by atoms with E-state index < -0.39 is 0 Å². The van der Waals surface area contributed by atoms with Crippen LogP contribution in [0.2, 0.25) is 0 Å². The highest BCUT2D eigenvalue weighted by Crippen LogP contribution is 2.09. The van der Waals surface area contributed by atoms with Gasteiger partial charge in [-0.05, 0) is 12.1 Å². The second-order valence-electron chi connectivity index (χ2n) is 1.71. The van der Waals surface area contributed by atoms with Crippen LogP contribution in [0.5, 0.6) is 0 Å². The van der Waals surface area contributed by atoms with E-state index in [9.17, 15) is 0 Å². The van der Waals surface area contributed by atoms with E-state index >= 15 is 0 Å². The fourth-order valence-electron chi connectivity index (χ4n) is 0.642. The largest absolute Gasteiger partial charge is 0.317 e. The van der Waals surface area contributed by atoms with E-state index in [0.29, 0.717) is 11.5 Å². The van der Waals surface area contributed by atoms with Crippen molar-refractivity contribution < 1.29 is 10.7 Å². The zero-order valence-electron chi connectivity index (χ0n) is 5.28. The molecule has 1 aromatic rings. The zero-order valence-corrected chi connectivity index (χ0v) is 5.28. The fourth-order valence-corrected chi connectivity index (χ4v) is 0.642. The topological polar surface area (TPSA) is 87.8 Å². The maximum absolute atomic E-state index is 8.57. The van der Waals surface area contributed by atoms with Gasteiger partial charge in [0.15, 0.2) is 0 Å². The third kappa shape index (κ3) is 1.21. The van der Waals surface area contributed by atoms with Crippen molar-refractivity contribution in [3.05, 3.63) is 18.3 Å². The van der Waals surface area contributed by atoms with Gasteiger partial charge in [-0.15, -0.1) is 0 Å². The molecule has 0 saturated heterocycles. The zero-order chi connectivity index (χ0) is 7.40. The Bertz CT molecular complexity index is 192. The molecule has 0 bridgehead atoms. The fraction of sp³-hybridized carbons (Fsp3) is 0. The lowest BCUT2D eigenvalue weighted by atomic mass is 10.4. The number of aromatic nitrogens is 1. The second-order valence-corrected chi connectivity index (χ2v) is 1.71. The number of hydrogen-bond acceptors (Lipinski definition) is 4. The van der Waals surface area contributed by atoms with Crippen molar-refractivity contribution in [2.75, 3.05) is 5.43 Å². The van der Waals surface area contributed by atoms with Gasteiger partial charge in [0.25, 0.3) is 5.82 Å². The highest BCUT2D eigenvalue weighted by molar-refractivity contribution is 5.54. The van der Waals surface area contributed by atoms with Crippen molar-refractivity contribution in [3.63, 3.8) is 0 Å². The number of nitrogens with two attached hydrogens (primary N) is 2. The number of rotatable bonds is 2. The lowest BCUT2D eigenvalue weighted by Gasteiger charge is -1.98. The Labute approximate surface area is 57.8 Å². The van der Waals surface area contributed by atoms with Crippen molar-refractivity contribution in [2.24, 2.45) is 5.84 Å². The molecule has 0 atom stereocenters. The molecule has 0 aromatic carbocycles. The van der Waals surface area contributed by atoms with Crippen LogP contribution in [0.4, 0.5) is 11.5 Å². The van der Waals surface area contributed by atoms with Gasteiger partial charge in [0.2, 0.25) is 0 Å². The molecule has 0 fully saturated rings. The van der Waals surface area contributed by atoms with E-state index in [1.54, 1.807) is 18.3 Å². The van der Waals surface area contributed by atoms with Crippen LogP contribution in [-0.2, 0) is 0 Å². The summed E-state index contributed by atoms with van der Waals surface area (Å²) in [6.45, 7) is 0. The first-order valence-electron chi connectivity index (χ1n) is 2.77. The van der Waals surface area contributed by atoms with Crippen molar-refractivity contribution >= 4 is 11.5 Å². The third-order valence-corrected chi connectivity index (χ3v) is 1.12. The molecule has 54 valence electrons.